The van der Waals surface area contributed by atoms with Crippen LogP contribution in [0.5, 0.6) is 0 Å². The Labute approximate surface area is 122 Å². The van der Waals surface area contributed by atoms with Crippen molar-refractivity contribution in [3.63, 3.8) is 0 Å². The summed E-state index contributed by atoms with van der Waals surface area (Å²) in [6.45, 7) is 16.2. The molecule has 0 saturated carbocycles. The Hall–Kier alpha value is -1.29. The molecular weight excluding hydrogens is 254 g/mol. The van der Waals surface area contributed by atoms with Gasteiger partial charge in [0.15, 0.2) is 0 Å². The molecule has 0 atom stereocenters. The maximum atomic E-state index is 12.2. The van der Waals surface area contributed by atoms with E-state index >= 15 is 0 Å². The van der Waals surface area contributed by atoms with Gasteiger partial charge >= 0.3 is 6.09 Å². The standard InChI is InChI=1S/C16H27NO3/c1-7-8-9-13(2)10-11-19-14(18)17-15(3,4)12-20-16(17,5)6/h7H,1-2,8-12H2,3-6H3. The molecule has 114 valence electrons. The van der Waals surface area contributed by atoms with Gasteiger partial charge in [0, 0.05) is 6.42 Å². The molecule has 1 rings (SSSR count). The molecule has 4 heteroatoms. The quantitative estimate of drug-likeness (QED) is 0.693. The molecule has 1 saturated heterocycles. The normalized spacial score (nSPS) is 19.7. The molecule has 0 aromatic rings. The van der Waals surface area contributed by atoms with Crippen LogP contribution in [0, 0.1) is 0 Å². The summed E-state index contributed by atoms with van der Waals surface area (Å²) in [4.78, 5) is 13.9. The van der Waals surface area contributed by atoms with Gasteiger partial charge in [0.2, 0.25) is 0 Å². The predicted octanol–water partition coefficient (Wildman–Crippen LogP) is 3.88. The van der Waals surface area contributed by atoms with Crippen LogP contribution in [0.15, 0.2) is 24.8 Å². The summed E-state index contributed by atoms with van der Waals surface area (Å²) in [5.41, 5.74) is 0.106. The molecule has 4 nitrogen and oxygen atoms in total. The molecule has 0 bridgehead atoms. The highest BCUT2D eigenvalue weighted by Gasteiger charge is 2.49. The van der Waals surface area contributed by atoms with Crippen LogP contribution in [0.25, 0.3) is 0 Å². The Bertz CT molecular complexity index is 369. The summed E-state index contributed by atoms with van der Waals surface area (Å²) in [6.07, 6.45) is 4.03. The minimum atomic E-state index is -0.625. The molecule has 0 N–H and O–H groups in total. The third kappa shape index (κ3) is 4.10. The third-order valence-corrected chi connectivity index (χ3v) is 3.49. The van der Waals surface area contributed by atoms with Crippen LogP contribution in [0.4, 0.5) is 4.79 Å². The smallest absolute Gasteiger partial charge is 0.412 e. The highest BCUT2D eigenvalue weighted by molar-refractivity contribution is 5.70. The summed E-state index contributed by atoms with van der Waals surface area (Å²) < 4.78 is 11.0. The lowest BCUT2D eigenvalue weighted by Crippen LogP contribution is -2.52. The first-order valence-electron chi connectivity index (χ1n) is 7.09. The Kier molecular flexibility index (Phi) is 5.40. The fourth-order valence-corrected chi connectivity index (χ4v) is 2.46. The van der Waals surface area contributed by atoms with Crippen LogP contribution in [-0.2, 0) is 9.47 Å². The van der Waals surface area contributed by atoms with Crippen LogP contribution in [0.1, 0.15) is 47.0 Å². The molecule has 0 aromatic heterocycles. The van der Waals surface area contributed by atoms with E-state index in [-0.39, 0.29) is 11.6 Å². The highest BCUT2D eigenvalue weighted by Crippen LogP contribution is 2.35. The van der Waals surface area contributed by atoms with E-state index in [4.69, 9.17) is 9.47 Å². The largest absolute Gasteiger partial charge is 0.449 e. The molecule has 0 radical (unpaired) electrons. The van der Waals surface area contributed by atoms with E-state index in [0.717, 1.165) is 18.4 Å². The zero-order valence-corrected chi connectivity index (χ0v) is 13.2. The Morgan fingerprint density at radius 1 is 1.35 bits per heavy atom. The molecule has 1 aliphatic heterocycles. The number of carbonyl (C=O) groups is 1. The van der Waals surface area contributed by atoms with Gasteiger partial charge in [0.25, 0.3) is 0 Å². The second kappa shape index (κ2) is 6.44. The third-order valence-electron chi connectivity index (χ3n) is 3.49. The van der Waals surface area contributed by atoms with Crippen LogP contribution in [0.2, 0.25) is 0 Å². The van der Waals surface area contributed by atoms with Gasteiger partial charge in [-0.25, -0.2) is 4.79 Å². The molecular formula is C16H27NO3. The van der Waals surface area contributed by atoms with E-state index in [1.165, 1.54) is 0 Å². The second-order valence-electron chi connectivity index (χ2n) is 6.32. The summed E-state index contributed by atoms with van der Waals surface area (Å²) in [6, 6.07) is 0. The van der Waals surface area contributed by atoms with Crippen molar-refractivity contribution in [3.05, 3.63) is 24.8 Å². The first kappa shape index (κ1) is 16.8. The lowest BCUT2D eigenvalue weighted by molar-refractivity contribution is -0.0515. The minimum Gasteiger partial charge on any atom is -0.449 e. The SMILES string of the molecule is C=CCCC(=C)CCOC(=O)N1C(C)(C)COC1(C)C. The van der Waals surface area contributed by atoms with Gasteiger partial charge in [-0.05, 0) is 40.5 Å². The van der Waals surface area contributed by atoms with Crippen molar-refractivity contribution in [1.82, 2.24) is 4.90 Å². The number of hydrogen-bond donors (Lipinski definition) is 0. The fraction of sp³-hybridized carbons (Fsp3) is 0.688. The van der Waals surface area contributed by atoms with Gasteiger partial charge in [0.1, 0.15) is 5.72 Å². The van der Waals surface area contributed by atoms with Crippen LogP contribution >= 0.6 is 0 Å². The lowest BCUT2D eigenvalue weighted by Gasteiger charge is -2.36. The topological polar surface area (TPSA) is 38.8 Å². The van der Waals surface area contributed by atoms with Gasteiger partial charge in [-0.15, -0.1) is 6.58 Å². The number of rotatable bonds is 6. The molecule has 0 spiro atoms. The molecule has 1 fully saturated rings. The van der Waals surface area contributed by atoms with Crippen molar-refractivity contribution in [2.45, 2.75) is 58.2 Å². The number of carbonyl (C=O) groups excluding carboxylic acids is 1. The molecule has 0 aromatic carbocycles. The number of ether oxygens (including phenoxy) is 2. The van der Waals surface area contributed by atoms with Crippen LogP contribution in [-0.4, -0.2) is 35.5 Å². The molecule has 20 heavy (non-hydrogen) atoms. The van der Waals surface area contributed by atoms with Crippen molar-refractivity contribution in [1.29, 1.82) is 0 Å². The molecule has 0 aliphatic carbocycles. The van der Waals surface area contributed by atoms with Gasteiger partial charge in [0.05, 0.1) is 18.8 Å². The van der Waals surface area contributed by atoms with Crippen molar-refractivity contribution in [3.8, 4) is 0 Å². The molecule has 1 heterocycles. The number of nitrogens with zero attached hydrogens (tertiary/aromatic N) is 1. The lowest BCUT2D eigenvalue weighted by atomic mass is 10.0. The summed E-state index contributed by atoms with van der Waals surface area (Å²) >= 11 is 0. The second-order valence-corrected chi connectivity index (χ2v) is 6.32. The average Bonchev–Trinajstić information content (AvgIpc) is 2.55. The van der Waals surface area contributed by atoms with Gasteiger partial charge < -0.3 is 9.47 Å². The predicted molar refractivity (Wildman–Crippen MR) is 80.5 cm³/mol. The number of hydrogen-bond acceptors (Lipinski definition) is 3. The van der Waals surface area contributed by atoms with Gasteiger partial charge in [-0.2, -0.15) is 0 Å². The van der Waals surface area contributed by atoms with Crippen molar-refractivity contribution >= 4 is 6.09 Å². The van der Waals surface area contributed by atoms with E-state index < -0.39 is 5.72 Å². The number of amides is 1. The van der Waals surface area contributed by atoms with E-state index in [2.05, 4.69) is 13.2 Å². The zero-order valence-electron chi connectivity index (χ0n) is 13.2. The van der Waals surface area contributed by atoms with E-state index in [1.807, 2.05) is 33.8 Å². The molecule has 1 aliphatic rings. The Morgan fingerprint density at radius 3 is 2.50 bits per heavy atom. The van der Waals surface area contributed by atoms with E-state index in [0.29, 0.717) is 19.6 Å². The highest BCUT2D eigenvalue weighted by atomic mass is 16.6. The zero-order chi connectivity index (χ0) is 15.4. The van der Waals surface area contributed by atoms with E-state index in [9.17, 15) is 4.79 Å². The van der Waals surface area contributed by atoms with Crippen LogP contribution in [0.3, 0.4) is 0 Å². The fourth-order valence-electron chi connectivity index (χ4n) is 2.46. The number of allylic oxidation sites excluding steroid dienone is 1. The maximum Gasteiger partial charge on any atom is 0.412 e. The maximum absolute atomic E-state index is 12.2. The summed E-state index contributed by atoms with van der Waals surface area (Å²) in [5, 5.41) is 0. The first-order chi connectivity index (χ1) is 9.20. The van der Waals surface area contributed by atoms with Crippen molar-refractivity contribution in [2.24, 2.45) is 0 Å². The minimum absolute atomic E-state index is 0.325. The molecule has 0 unspecified atom stereocenters. The van der Waals surface area contributed by atoms with Gasteiger partial charge in [-0.1, -0.05) is 18.2 Å². The van der Waals surface area contributed by atoms with E-state index in [1.54, 1.807) is 4.90 Å². The average molecular weight is 281 g/mol. The van der Waals surface area contributed by atoms with Gasteiger partial charge in [-0.3, -0.25) is 4.90 Å². The summed E-state index contributed by atoms with van der Waals surface area (Å²) in [7, 11) is 0. The van der Waals surface area contributed by atoms with Crippen molar-refractivity contribution in [2.75, 3.05) is 13.2 Å². The molecule has 1 amide bonds. The Morgan fingerprint density at radius 2 is 2.00 bits per heavy atom. The first-order valence-corrected chi connectivity index (χ1v) is 7.09. The Balaban J connectivity index is 2.46. The van der Waals surface area contributed by atoms with Crippen LogP contribution < -0.4 is 0 Å². The monoisotopic (exact) mass is 281 g/mol. The van der Waals surface area contributed by atoms with Crippen molar-refractivity contribution < 1.29 is 14.3 Å². The summed E-state index contributed by atoms with van der Waals surface area (Å²) in [5.74, 6) is 0.